The van der Waals surface area contributed by atoms with Crippen LogP contribution in [-0.4, -0.2) is 60.8 Å². The van der Waals surface area contributed by atoms with Gasteiger partial charge in [-0.25, -0.2) is 8.78 Å². The number of nitrogens with one attached hydrogen (secondary N) is 4. The third kappa shape index (κ3) is 7.29. The van der Waals surface area contributed by atoms with Gasteiger partial charge in [0.1, 0.15) is 24.1 Å². The normalized spacial score (nSPS) is 16.0. The number of halogens is 4. The van der Waals surface area contributed by atoms with Gasteiger partial charge in [0.15, 0.2) is 23.2 Å². The van der Waals surface area contributed by atoms with Gasteiger partial charge >= 0.3 is 0 Å². The Morgan fingerprint density at radius 2 is 1.73 bits per heavy atom. The quantitative estimate of drug-likeness (QED) is 0.170. The van der Waals surface area contributed by atoms with Gasteiger partial charge in [0.05, 0.1) is 13.2 Å². The van der Waals surface area contributed by atoms with Crippen LogP contribution in [0.3, 0.4) is 0 Å². The topological polar surface area (TPSA) is 139 Å². The van der Waals surface area contributed by atoms with Crippen LogP contribution in [0, 0.1) is 35.1 Å². The van der Waals surface area contributed by atoms with E-state index in [4.69, 9.17) is 9.47 Å². The van der Waals surface area contributed by atoms with Gasteiger partial charge in [-0.3, -0.25) is 19.2 Å². The SMILES string of the molecule is COc1cccc2[nH]c(C(=O)NC(CC(C)C)C(=O)NC(CC3CCNC3=O)C(=O)COc3c(F)c(F)cc(F)c3F)cc12. The largest absolute Gasteiger partial charge is 0.496 e. The number of hydrogen-bond acceptors (Lipinski definition) is 6. The van der Waals surface area contributed by atoms with Gasteiger partial charge in [-0.1, -0.05) is 19.9 Å². The molecule has 3 aromatic rings. The maximum absolute atomic E-state index is 14.1. The van der Waals surface area contributed by atoms with E-state index < -0.39 is 71.2 Å². The highest BCUT2D eigenvalue weighted by atomic mass is 19.2. The van der Waals surface area contributed by atoms with Crippen LogP contribution in [0.1, 0.15) is 43.6 Å². The van der Waals surface area contributed by atoms with Crippen molar-refractivity contribution in [2.75, 3.05) is 20.3 Å². The molecule has 1 aromatic heterocycles. The zero-order valence-corrected chi connectivity index (χ0v) is 24.2. The van der Waals surface area contributed by atoms with Crippen LogP contribution in [0.4, 0.5) is 17.6 Å². The van der Waals surface area contributed by atoms with E-state index in [1.54, 1.807) is 24.3 Å². The molecule has 1 aliphatic heterocycles. The zero-order chi connectivity index (χ0) is 32.1. The van der Waals surface area contributed by atoms with Gasteiger partial charge in [-0.2, -0.15) is 8.78 Å². The Morgan fingerprint density at radius 1 is 1.02 bits per heavy atom. The number of rotatable bonds is 13. The first kappa shape index (κ1) is 32.3. The fourth-order valence-corrected chi connectivity index (χ4v) is 4.99. The molecule has 0 radical (unpaired) electrons. The van der Waals surface area contributed by atoms with E-state index in [2.05, 4.69) is 20.9 Å². The van der Waals surface area contributed by atoms with Crippen molar-refractivity contribution in [2.24, 2.45) is 11.8 Å². The number of benzene rings is 2. The molecule has 4 rings (SSSR count). The number of fused-ring (bicyclic) bond motifs is 1. The van der Waals surface area contributed by atoms with E-state index in [1.165, 1.54) is 7.11 Å². The van der Waals surface area contributed by atoms with E-state index in [0.29, 0.717) is 29.6 Å². The molecule has 2 aromatic carbocycles. The Bertz CT molecular complexity index is 1550. The summed E-state index contributed by atoms with van der Waals surface area (Å²) in [5.41, 5.74) is 0.784. The van der Waals surface area contributed by atoms with Crippen molar-refractivity contribution in [1.29, 1.82) is 0 Å². The second-order valence-corrected chi connectivity index (χ2v) is 10.9. The van der Waals surface area contributed by atoms with Crippen LogP contribution in [0.15, 0.2) is 30.3 Å². The van der Waals surface area contributed by atoms with Crippen molar-refractivity contribution < 1.29 is 46.2 Å². The number of Topliss-reactive ketones (excluding diaryl/α,β-unsaturated/α-hetero) is 1. The minimum atomic E-state index is -1.83. The molecule has 1 saturated heterocycles. The minimum Gasteiger partial charge on any atom is -0.496 e. The number of methoxy groups -OCH3 is 1. The lowest BCUT2D eigenvalue weighted by Gasteiger charge is -2.25. The molecule has 3 unspecified atom stereocenters. The number of ketones is 1. The molecular formula is C30H32F4N4O6. The summed E-state index contributed by atoms with van der Waals surface area (Å²) in [5.74, 6) is -11.4. The predicted octanol–water partition coefficient (Wildman–Crippen LogP) is 3.54. The number of aromatic nitrogens is 1. The Morgan fingerprint density at radius 3 is 2.34 bits per heavy atom. The summed E-state index contributed by atoms with van der Waals surface area (Å²) in [6, 6.07) is 4.27. The fourth-order valence-electron chi connectivity index (χ4n) is 4.99. The predicted molar refractivity (Wildman–Crippen MR) is 150 cm³/mol. The Hall–Kier alpha value is -4.62. The van der Waals surface area contributed by atoms with Crippen molar-refractivity contribution in [1.82, 2.24) is 20.9 Å². The molecule has 44 heavy (non-hydrogen) atoms. The van der Waals surface area contributed by atoms with Crippen LogP contribution in [0.5, 0.6) is 11.5 Å². The van der Waals surface area contributed by atoms with E-state index in [-0.39, 0.29) is 36.4 Å². The van der Waals surface area contributed by atoms with Gasteiger partial charge < -0.3 is 30.4 Å². The molecule has 4 N–H and O–H groups in total. The van der Waals surface area contributed by atoms with Crippen LogP contribution < -0.4 is 25.4 Å². The number of ether oxygens (including phenoxy) is 2. The van der Waals surface area contributed by atoms with Crippen LogP contribution in [-0.2, 0) is 14.4 Å². The average Bonchev–Trinajstić information content (AvgIpc) is 3.60. The lowest BCUT2D eigenvalue weighted by molar-refractivity contribution is -0.131. The third-order valence-electron chi connectivity index (χ3n) is 7.24. The molecule has 2 heterocycles. The smallest absolute Gasteiger partial charge is 0.268 e. The third-order valence-corrected chi connectivity index (χ3v) is 7.24. The maximum atomic E-state index is 14.1. The number of amides is 3. The van der Waals surface area contributed by atoms with Gasteiger partial charge in [0.2, 0.25) is 23.4 Å². The molecule has 1 aliphatic rings. The first-order chi connectivity index (χ1) is 20.9. The summed E-state index contributed by atoms with van der Waals surface area (Å²) in [7, 11) is 1.49. The van der Waals surface area contributed by atoms with Gasteiger partial charge in [-0.15, -0.1) is 0 Å². The molecule has 0 aliphatic carbocycles. The summed E-state index contributed by atoms with van der Waals surface area (Å²) in [5, 5.41) is 8.47. The second-order valence-electron chi connectivity index (χ2n) is 10.9. The monoisotopic (exact) mass is 620 g/mol. The number of H-pyrrole nitrogens is 1. The Balaban J connectivity index is 1.53. The molecule has 0 spiro atoms. The van der Waals surface area contributed by atoms with Crippen molar-refractivity contribution in [3.05, 3.63) is 59.3 Å². The van der Waals surface area contributed by atoms with Crippen LogP contribution >= 0.6 is 0 Å². The standard InChI is InChI=1S/C30H32F4N4O6/c1-14(2)9-21(38-30(42)22-11-16-19(36-22)5-4-6-24(16)43-3)29(41)37-20(10-15-7-8-35-28(15)40)23(39)13-44-27-25(33)17(31)12-18(32)26(27)34/h4-6,11-12,14-15,20-21,36H,7-10,13H2,1-3H3,(H,35,40)(H,37,41)(H,38,42). The molecule has 1 fully saturated rings. The van der Waals surface area contributed by atoms with E-state index in [1.807, 2.05) is 13.8 Å². The van der Waals surface area contributed by atoms with E-state index >= 15 is 0 Å². The van der Waals surface area contributed by atoms with Crippen molar-refractivity contribution in [2.45, 2.75) is 45.2 Å². The van der Waals surface area contributed by atoms with Gasteiger partial charge in [-0.05, 0) is 43.4 Å². The lowest BCUT2D eigenvalue weighted by Crippen LogP contribution is -2.53. The first-order valence-electron chi connectivity index (χ1n) is 13.9. The highest BCUT2D eigenvalue weighted by molar-refractivity contribution is 6.02. The van der Waals surface area contributed by atoms with Crippen molar-refractivity contribution in [3.8, 4) is 11.5 Å². The molecule has 14 heteroatoms. The molecule has 0 saturated carbocycles. The zero-order valence-electron chi connectivity index (χ0n) is 24.2. The highest BCUT2D eigenvalue weighted by Gasteiger charge is 2.34. The molecular weight excluding hydrogens is 588 g/mol. The summed E-state index contributed by atoms with van der Waals surface area (Å²) < 4.78 is 65.6. The molecule has 10 nitrogen and oxygen atoms in total. The molecule has 236 valence electrons. The van der Waals surface area contributed by atoms with Gasteiger partial charge in [0.25, 0.3) is 5.91 Å². The lowest BCUT2D eigenvalue weighted by atomic mass is 9.95. The maximum Gasteiger partial charge on any atom is 0.268 e. The minimum absolute atomic E-state index is 0.00341. The summed E-state index contributed by atoms with van der Waals surface area (Å²) in [6.45, 7) is 2.91. The molecule has 0 bridgehead atoms. The van der Waals surface area contributed by atoms with E-state index in [0.717, 1.165) is 0 Å². The number of carbonyl (C=O) groups excluding carboxylic acids is 4. The average molecular weight is 621 g/mol. The molecule has 3 atom stereocenters. The fraction of sp³-hybridized carbons (Fsp3) is 0.400. The van der Waals surface area contributed by atoms with Gasteiger partial charge in [0, 0.05) is 29.4 Å². The molecule has 3 amide bonds. The first-order valence-corrected chi connectivity index (χ1v) is 13.9. The second kappa shape index (κ2) is 13.8. The summed E-state index contributed by atoms with van der Waals surface area (Å²) in [4.78, 5) is 55.1. The highest BCUT2D eigenvalue weighted by Crippen LogP contribution is 2.28. The van der Waals surface area contributed by atoms with Crippen molar-refractivity contribution >= 4 is 34.4 Å². The summed E-state index contributed by atoms with van der Waals surface area (Å²) >= 11 is 0. The van der Waals surface area contributed by atoms with Crippen molar-refractivity contribution in [3.63, 3.8) is 0 Å². The van der Waals surface area contributed by atoms with Crippen LogP contribution in [0.25, 0.3) is 10.9 Å². The van der Waals surface area contributed by atoms with E-state index in [9.17, 15) is 36.7 Å². The Kier molecular flexibility index (Phi) is 10.1. The number of carbonyl (C=O) groups is 4. The Labute approximate surface area is 249 Å². The number of aromatic amines is 1. The van der Waals surface area contributed by atoms with Crippen LogP contribution in [0.2, 0.25) is 0 Å². The summed E-state index contributed by atoms with van der Waals surface area (Å²) in [6.07, 6.45) is 0.335. The number of hydrogen-bond donors (Lipinski definition) is 4.